The summed E-state index contributed by atoms with van der Waals surface area (Å²) in [4.78, 5) is 6.02. The molecule has 0 unspecified atom stereocenters. The summed E-state index contributed by atoms with van der Waals surface area (Å²) in [5.41, 5.74) is 13.5. The van der Waals surface area contributed by atoms with E-state index in [4.69, 9.17) is 16.2 Å². The zero-order valence-electron chi connectivity index (χ0n) is 9.76. The lowest BCUT2D eigenvalue weighted by Gasteiger charge is -2.27. The Bertz CT molecular complexity index is 453. The van der Waals surface area contributed by atoms with Gasteiger partial charge in [0.15, 0.2) is 5.96 Å². The summed E-state index contributed by atoms with van der Waals surface area (Å²) in [5, 5.41) is 0. The summed E-state index contributed by atoms with van der Waals surface area (Å²) < 4.78 is 5.03. The highest BCUT2D eigenvalue weighted by molar-refractivity contribution is 5.80. The number of hydrogen-bond donors (Lipinski definition) is 2. The number of ether oxygens (including phenoxy) is 1. The van der Waals surface area contributed by atoms with Gasteiger partial charge in [0.25, 0.3) is 0 Å². The summed E-state index contributed by atoms with van der Waals surface area (Å²) in [5.74, 6) is 0.840. The van der Waals surface area contributed by atoms with Crippen molar-refractivity contribution >= 4 is 5.96 Å². The molecule has 2 rings (SSSR count). The van der Waals surface area contributed by atoms with Crippen LogP contribution in [-0.4, -0.2) is 24.5 Å². The second kappa shape index (κ2) is 4.78. The van der Waals surface area contributed by atoms with Gasteiger partial charge in [-0.1, -0.05) is 30.3 Å². The van der Waals surface area contributed by atoms with Crippen molar-refractivity contribution in [3.63, 3.8) is 0 Å². The minimum Gasteiger partial charge on any atom is -0.480 e. The van der Waals surface area contributed by atoms with Crippen LogP contribution in [-0.2, 0) is 11.3 Å². The molecule has 0 bridgehead atoms. The number of benzene rings is 1. The van der Waals surface area contributed by atoms with Gasteiger partial charge in [-0.05, 0) is 5.56 Å². The lowest BCUT2D eigenvalue weighted by atomic mass is 10.2. The normalized spacial score (nSPS) is 15.8. The molecular weight excluding hydrogens is 216 g/mol. The molecule has 0 fully saturated rings. The molecule has 90 valence electrons. The fraction of sp³-hybridized carbons (Fsp3) is 0.250. The van der Waals surface area contributed by atoms with Crippen LogP contribution in [0.4, 0.5) is 0 Å². The Balaban J connectivity index is 2.11. The van der Waals surface area contributed by atoms with Crippen molar-refractivity contribution in [2.75, 3.05) is 13.7 Å². The molecule has 5 heteroatoms. The predicted molar refractivity (Wildman–Crippen MR) is 66.7 cm³/mol. The molecular formula is C12H16N4O. The maximum absolute atomic E-state index is 5.86. The van der Waals surface area contributed by atoms with Crippen molar-refractivity contribution in [1.29, 1.82) is 0 Å². The van der Waals surface area contributed by atoms with Gasteiger partial charge < -0.3 is 21.1 Å². The van der Waals surface area contributed by atoms with Gasteiger partial charge in [-0.15, -0.1) is 0 Å². The van der Waals surface area contributed by atoms with E-state index in [1.165, 1.54) is 12.7 Å². The quantitative estimate of drug-likeness (QED) is 0.799. The largest absolute Gasteiger partial charge is 0.480 e. The van der Waals surface area contributed by atoms with Crippen LogP contribution in [0.5, 0.6) is 0 Å². The Morgan fingerprint density at radius 1 is 1.29 bits per heavy atom. The van der Waals surface area contributed by atoms with Crippen LogP contribution < -0.4 is 11.5 Å². The first kappa shape index (κ1) is 11.3. The highest BCUT2D eigenvalue weighted by Gasteiger charge is 2.18. The van der Waals surface area contributed by atoms with Gasteiger partial charge in [-0.25, -0.2) is 0 Å². The zero-order valence-corrected chi connectivity index (χ0v) is 9.76. The number of guanidine groups is 1. The third kappa shape index (κ3) is 2.50. The van der Waals surface area contributed by atoms with Gasteiger partial charge >= 0.3 is 0 Å². The van der Waals surface area contributed by atoms with E-state index in [0.717, 1.165) is 0 Å². The zero-order chi connectivity index (χ0) is 12.3. The Hall–Kier alpha value is -2.17. The van der Waals surface area contributed by atoms with Crippen LogP contribution in [0.2, 0.25) is 0 Å². The second-order valence-corrected chi connectivity index (χ2v) is 3.85. The van der Waals surface area contributed by atoms with E-state index in [1.54, 1.807) is 0 Å². The molecule has 0 amide bonds. The smallest absolute Gasteiger partial charge is 0.237 e. The van der Waals surface area contributed by atoms with Crippen LogP contribution in [0.3, 0.4) is 0 Å². The van der Waals surface area contributed by atoms with Gasteiger partial charge in [0.2, 0.25) is 5.88 Å². The summed E-state index contributed by atoms with van der Waals surface area (Å²) in [6.07, 6.45) is 0. The number of methoxy groups -OCH3 is 1. The van der Waals surface area contributed by atoms with E-state index in [0.29, 0.717) is 30.6 Å². The Morgan fingerprint density at radius 2 is 2.00 bits per heavy atom. The number of nitrogens with zero attached hydrogens (tertiary/aromatic N) is 2. The van der Waals surface area contributed by atoms with Gasteiger partial charge in [-0.2, -0.15) is 4.99 Å². The molecule has 0 aromatic heterocycles. The first-order valence-corrected chi connectivity index (χ1v) is 5.36. The van der Waals surface area contributed by atoms with Crippen LogP contribution in [0.25, 0.3) is 0 Å². The summed E-state index contributed by atoms with van der Waals surface area (Å²) in [6.45, 7) is 1.22. The van der Waals surface area contributed by atoms with Crippen LogP contribution in [0.1, 0.15) is 5.56 Å². The standard InChI is InChI=1S/C12H16N4O/c1-17-11-10(13)8-16(12(14)15-11)7-9-5-3-2-4-6-9/h2-6H,7-8,13H2,1H3,(H2,14,15). The topological polar surface area (TPSA) is 76.9 Å². The van der Waals surface area contributed by atoms with Crippen molar-refractivity contribution in [2.24, 2.45) is 16.5 Å². The summed E-state index contributed by atoms with van der Waals surface area (Å²) in [7, 11) is 1.53. The van der Waals surface area contributed by atoms with Crippen LogP contribution in [0, 0.1) is 0 Å². The highest BCUT2D eigenvalue weighted by Crippen LogP contribution is 2.13. The lowest BCUT2D eigenvalue weighted by Crippen LogP contribution is -2.42. The minimum atomic E-state index is 0.409. The molecule has 0 atom stereocenters. The van der Waals surface area contributed by atoms with Crippen LogP contribution >= 0.6 is 0 Å². The Kier molecular flexibility index (Phi) is 3.18. The van der Waals surface area contributed by atoms with E-state index in [9.17, 15) is 0 Å². The molecule has 4 N–H and O–H groups in total. The SMILES string of the molecule is COC1=C(N)CN(Cc2ccccc2)C(N)=N1. The fourth-order valence-corrected chi connectivity index (χ4v) is 1.72. The van der Waals surface area contributed by atoms with Crippen molar-refractivity contribution in [1.82, 2.24) is 4.90 Å². The second-order valence-electron chi connectivity index (χ2n) is 3.85. The van der Waals surface area contributed by atoms with Crippen molar-refractivity contribution in [3.8, 4) is 0 Å². The molecule has 0 spiro atoms. The fourth-order valence-electron chi connectivity index (χ4n) is 1.72. The maximum atomic E-state index is 5.86. The number of nitrogens with two attached hydrogens (primary N) is 2. The van der Waals surface area contributed by atoms with E-state index >= 15 is 0 Å². The van der Waals surface area contributed by atoms with Crippen molar-refractivity contribution in [3.05, 3.63) is 47.5 Å². The first-order valence-electron chi connectivity index (χ1n) is 5.36. The van der Waals surface area contributed by atoms with Crippen molar-refractivity contribution < 1.29 is 4.74 Å². The van der Waals surface area contributed by atoms with E-state index in [1.807, 2.05) is 35.2 Å². The monoisotopic (exact) mass is 232 g/mol. The minimum absolute atomic E-state index is 0.409. The van der Waals surface area contributed by atoms with Crippen molar-refractivity contribution in [2.45, 2.75) is 6.54 Å². The first-order chi connectivity index (χ1) is 8.20. The molecule has 0 saturated carbocycles. The van der Waals surface area contributed by atoms with Crippen LogP contribution in [0.15, 0.2) is 46.9 Å². The maximum Gasteiger partial charge on any atom is 0.237 e. The van der Waals surface area contributed by atoms with E-state index in [-0.39, 0.29) is 0 Å². The van der Waals surface area contributed by atoms with Gasteiger partial charge in [0.1, 0.15) is 0 Å². The lowest BCUT2D eigenvalue weighted by molar-refractivity contribution is 0.268. The van der Waals surface area contributed by atoms with E-state index in [2.05, 4.69) is 4.99 Å². The third-order valence-corrected chi connectivity index (χ3v) is 2.59. The molecule has 0 aliphatic carbocycles. The molecule has 1 aromatic rings. The molecule has 0 saturated heterocycles. The van der Waals surface area contributed by atoms with E-state index < -0.39 is 0 Å². The molecule has 1 heterocycles. The average Bonchev–Trinajstić information content (AvgIpc) is 2.34. The predicted octanol–water partition coefficient (Wildman–Crippen LogP) is 0.591. The molecule has 1 aliphatic heterocycles. The molecule has 1 aromatic carbocycles. The molecule has 5 nitrogen and oxygen atoms in total. The van der Waals surface area contributed by atoms with Gasteiger partial charge in [0, 0.05) is 6.54 Å². The van der Waals surface area contributed by atoms with Gasteiger partial charge in [0.05, 0.1) is 19.4 Å². The molecule has 1 aliphatic rings. The summed E-state index contributed by atoms with van der Waals surface area (Å²) >= 11 is 0. The molecule has 0 radical (unpaired) electrons. The number of rotatable bonds is 3. The Morgan fingerprint density at radius 3 is 2.65 bits per heavy atom. The number of aliphatic imine (C=N–C) groups is 1. The Labute approximate surface area is 100 Å². The van der Waals surface area contributed by atoms with Gasteiger partial charge in [-0.3, -0.25) is 0 Å². The molecule has 17 heavy (non-hydrogen) atoms. The highest BCUT2D eigenvalue weighted by atomic mass is 16.5. The average molecular weight is 232 g/mol. The number of hydrogen-bond acceptors (Lipinski definition) is 5. The summed E-state index contributed by atoms with van der Waals surface area (Å²) in [6, 6.07) is 10.0. The third-order valence-electron chi connectivity index (χ3n) is 2.59.